The maximum absolute atomic E-state index is 12.7. The second-order valence-electron chi connectivity index (χ2n) is 5.77. The molecule has 0 spiro atoms. The lowest BCUT2D eigenvalue weighted by Gasteiger charge is -2.18. The van der Waals surface area contributed by atoms with Crippen LogP contribution in [0, 0.1) is 0 Å². The second kappa shape index (κ2) is 7.94. The van der Waals surface area contributed by atoms with Crippen molar-refractivity contribution in [1.29, 1.82) is 0 Å². The van der Waals surface area contributed by atoms with Gasteiger partial charge in [-0.2, -0.15) is 0 Å². The predicted molar refractivity (Wildman–Crippen MR) is 98.5 cm³/mol. The van der Waals surface area contributed by atoms with Gasteiger partial charge in [-0.05, 0) is 49.2 Å². The van der Waals surface area contributed by atoms with Crippen LogP contribution in [0.3, 0.4) is 0 Å². The highest BCUT2D eigenvalue weighted by molar-refractivity contribution is 6.31. The number of hydrogen-bond acceptors (Lipinski definition) is 3. The monoisotopic (exact) mass is 355 g/mol. The predicted octanol–water partition coefficient (Wildman–Crippen LogP) is 3.62. The number of benzene rings is 1. The summed E-state index contributed by atoms with van der Waals surface area (Å²) < 4.78 is 0. The Balaban J connectivity index is 1.76. The minimum absolute atomic E-state index is 0.107. The van der Waals surface area contributed by atoms with Crippen molar-refractivity contribution in [3.63, 3.8) is 0 Å². The van der Waals surface area contributed by atoms with Crippen LogP contribution in [-0.2, 0) is 4.79 Å². The Morgan fingerprint density at radius 2 is 1.96 bits per heavy atom. The summed E-state index contributed by atoms with van der Waals surface area (Å²) >= 11 is 6.04. The van der Waals surface area contributed by atoms with Crippen LogP contribution in [0.25, 0.3) is 6.08 Å². The van der Waals surface area contributed by atoms with E-state index in [9.17, 15) is 9.59 Å². The molecule has 0 saturated carbocycles. The highest BCUT2D eigenvalue weighted by atomic mass is 35.5. The van der Waals surface area contributed by atoms with Crippen LogP contribution in [0.2, 0.25) is 5.02 Å². The van der Waals surface area contributed by atoms with Gasteiger partial charge in [0, 0.05) is 30.4 Å². The Kier molecular flexibility index (Phi) is 5.46. The molecule has 3 rings (SSSR count). The molecule has 0 atom stereocenters. The molecule has 1 aliphatic rings. The third kappa shape index (κ3) is 4.45. The molecule has 1 N–H and O–H groups in total. The fraction of sp³-hybridized carbons (Fsp3) is 0.211. The van der Waals surface area contributed by atoms with E-state index in [0.29, 0.717) is 22.0 Å². The van der Waals surface area contributed by atoms with Crippen LogP contribution in [0.5, 0.6) is 0 Å². The van der Waals surface area contributed by atoms with Crippen LogP contribution in [0.4, 0.5) is 5.69 Å². The molecule has 1 fully saturated rings. The second-order valence-corrected chi connectivity index (χ2v) is 6.20. The van der Waals surface area contributed by atoms with E-state index in [-0.39, 0.29) is 11.8 Å². The van der Waals surface area contributed by atoms with E-state index in [2.05, 4.69) is 10.3 Å². The number of likely N-dealkylation sites (tertiary alicyclic amines) is 1. The topological polar surface area (TPSA) is 62.3 Å². The molecular weight excluding hydrogens is 338 g/mol. The molecule has 128 valence electrons. The van der Waals surface area contributed by atoms with Crippen molar-refractivity contribution in [3.8, 4) is 0 Å². The van der Waals surface area contributed by atoms with E-state index in [0.717, 1.165) is 25.9 Å². The van der Waals surface area contributed by atoms with Crippen molar-refractivity contribution >= 4 is 35.2 Å². The standard InChI is InChI=1S/C19H18ClN3O2/c20-14-6-8-17(16(13-14)19(25)23-11-3-4-12-23)22-18(24)9-7-15-5-1-2-10-21-15/h1-2,5-10,13H,3-4,11-12H2,(H,22,24). The Hall–Kier alpha value is -2.66. The lowest BCUT2D eigenvalue weighted by molar-refractivity contribution is -0.111. The van der Waals surface area contributed by atoms with E-state index in [1.54, 1.807) is 47.5 Å². The molecule has 0 aliphatic carbocycles. The smallest absolute Gasteiger partial charge is 0.256 e. The fourth-order valence-corrected chi connectivity index (χ4v) is 2.88. The lowest BCUT2D eigenvalue weighted by atomic mass is 10.1. The van der Waals surface area contributed by atoms with Gasteiger partial charge in [0.15, 0.2) is 0 Å². The SMILES string of the molecule is O=C(C=Cc1ccccn1)Nc1ccc(Cl)cc1C(=O)N1CCCC1. The van der Waals surface area contributed by atoms with Crippen molar-refractivity contribution in [2.75, 3.05) is 18.4 Å². The average molecular weight is 356 g/mol. The first-order valence-corrected chi connectivity index (χ1v) is 8.50. The van der Waals surface area contributed by atoms with E-state index < -0.39 is 0 Å². The number of halogens is 1. The summed E-state index contributed by atoms with van der Waals surface area (Å²) in [6.07, 6.45) is 6.67. The molecule has 1 aliphatic heterocycles. The number of rotatable bonds is 4. The maximum Gasteiger partial charge on any atom is 0.256 e. The molecule has 0 radical (unpaired) electrons. The summed E-state index contributed by atoms with van der Waals surface area (Å²) in [4.78, 5) is 30.8. The van der Waals surface area contributed by atoms with Gasteiger partial charge in [0.25, 0.3) is 5.91 Å². The van der Waals surface area contributed by atoms with Gasteiger partial charge < -0.3 is 10.2 Å². The first-order chi connectivity index (χ1) is 12.1. The van der Waals surface area contributed by atoms with E-state index in [4.69, 9.17) is 11.6 Å². The molecule has 1 saturated heterocycles. The molecule has 6 heteroatoms. The Morgan fingerprint density at radius 1 is 1.16 bits per heavy atom. The molecule has 1 aromatic heterocycles. The van der Waals surface area contributed by atoms with Gasteiger partial charge in [0.1, 0.15) is 0 Å². The zero-order valence-corrected chi connectivity index (χ0v) is 14.4. The first kappa shape index (κ1) is 17.2. The molecular formula is C19H18ClN3O2. The van der Waals surface area contributed by atoms with Crippen molar-refractivity contribution in [2.24, 2.45) is 0 Å². The van der Waals surface area contributed by atoms with Crippen LogP contribution in [0.15, 0.2) is 48.7 Å². The van der Waals surface area contributed by atoms with E-state index in [1.807, 2.05) is 6.07 Å². The van der Waals surface area contributed by atoms with Crippen molar-refractivity contribution in [2.45, 2.75) is 12.8 Å². The minimum Gasteiger partial charge on any atom is -0.339 e. The molecule has 1 aromatic carbocycles. The largest absolute Gasteiger partial charge is 0.339 e. The number of amides is 2. The summed E-state index contributed by atoms with van der Waals surface area (Å²) in [5.74, 6) is -0.438. The van der Waals surface area contributed by atoms with Gasteiger partial charge in [-0.15, -0.1) is 0 Å². The Labute approximate surface area is 151 Å². The third-order valence-corrected chi connectivity index (χ3v) is 4.19. The van der Waals surface area contributed by atoms with Crippen LogP contribution < -0.4 is 5.32 Å². The highest BCUT2D eigenvalue weighted by Crippen LogP contribution is 2.24. The summed E-state index contributed by atoms with van der Waals surface area (Å²) in [5.41, 5.74) is 1.55. The number of carbonyl (C=O) groups excluding carboxylic acids is 2. The highest BCUT2D eigenvalue weighted by Gasteiger charge is 2.22. The summed E-state index contributed by atoms with van der Waals surface area (Å²) in [7, 11) is 0. The molecule has 2 heterocycles. The quantitative estimate of drug-likeness (QED) is 0.852. The van der Waals surface area contributed by atoms with Crippen molar-refractivity contribution < 1.29 is 9.59 Å². The van der Waals surface area contributed by atoms with Gasteiger partial charge >= 0.3 is 0 Å². The number of aromatic nitrogens is 1. The van der Waals surface area contributed by atoms with Crippen LogP contribution in [0.1, 0.15) is 28.9 Å². The molecule has 0 unspecified atom stereocenters. The molecule has 5 nitrogen and oxygen atoms in total. The number of nitrogens with one attached hydrogen (secondary N) is 1. The molecule has 25 heavy (non-hydrogen) atoms. The zero-order valence-electron chi connectivity index (χ0n) is 13.6. The van der Waals surface area contributed by atoms with Gasteiger partial charge in [0.2, 0.25) is 5.91 Å². The zero-order chi connectivity index (χ0) is 17.6. The fourth-order valence-electron chi connectivity index (χ4n) is 2.70. The van der Waals surface area contributed by atoms with Crippen molar-refractivity contribution in [3.05, 3.63) is 65.0 Å². The molecule has 0 bridgehead atoms. The summed E-state index contributed by atoms with van der Waals surface area (Å²) in [6, 6.07) is 10.4. The number of carbonyl (C=O) groups is 2. The molecule has 2 aromatic rings. The van der Waals surface area contributed by atoms with Crippen molar-refractivity contribution in [1.82, 2.24) is 9.88 Å². The Bertz CT molecular complexity index is 800. The number of hydrogen-bond donors (Lipinski definition) is 1. The third-order valence-electron chi connectivity index (χ3n) is 3.96. The molecule has 2 amide bonds. The average Bonchev–Trinajstić information content (AvgIpc) is 3.16. The van der Waals surface area contributed by atoms with E-state index >= 15 is 0 Å². The Morgan fingerprint density at radius 3 is 2.68 bits per heavy atom. The number of anilines is 1. The van der Waals surface area contributed by atoms with Crippen LogP contribution >= 0.6 is 11.6 Å². The lowest BCUT2D eigenvalue weighted by Crippen LogP contribution is -2.28. The number of nitrogens with zero attached hydrogens (tertiary/aromatic N) is 2. The van der Waals surface area contributed by atoms with E-state index in [1.165, 1.54) is 6.08 Å². The van der Waals surface area contributed by atoms with Crippen LogP contribution in [-0.4, -0.2) is 34.8 Å². The summed E-state index contributed by atoms with van der Waals surface area (Å²) in [5, 5.41) is 3.22. The normalized spacial score (nSPS) is 14.0. The van der Waals surface area contributed by atoms with Gasteiger partial charge in [-0.3, -0.25) is 14.6 Å². The van der Waals surface area contributed by atoms with Gasteiger partial charge in [-0.1, -0.05) is 17.7 Å². The first-order valence-electron chi connectivity index (χ1n) is 8.12. The maximum atomic E-state index is 12.7. The minimum atomic E-state index is -0.330. The van der Waals surface area contributed by atoms with Gasteiger partial charge in [-0.25, -0.2) is 0 Å². The summed E-state index contributed by atoms with van der Waals surface area (Å²) in [6.45, 7) is 1.47. The number of pyridine rings is 1. The van der Waals surface area contributed by atoms with Gasteiger partial charge in [0.05, 0.1) is 16.9 Å².